The van der Waals surface area contributed by atoms with Gasteiger partial charge in [-0.15, -0.1) is 6.42 Å². The molecule has 0 spiro atoms. The number of anilines is 1. The summed E-state index contributed by atoms with van der Waals surface area (Å²) in [7, 11) is 0. The Bertz CT molecular complexity index is 968. The minimum Gasteiger partial charge on any atom is -0.292 e. The number of benzene rings is 2. The molecule has 0 bridgehead atoms. The van der Waals surface area contributed by atoms with E-state index in [-0.39, 0.29) is 11.7 Å². The van der Waals surface area contributed by atoms with Crippen molar-refractivity contribution in [3.8, 4) is 12.3 Å². The molecular formula is C28H34N2O2. The van der Waals surface area contributed by atoms with Gasteiger partial charge in [-0.05, 0) is 56.5 Å². The van der Waals surface area contributed by atoms with Crippen molar-refractivity contribution in [2.75, 3.05) is 4.90 Å². The van der Waals surface area contributed by atoms with E-state index >= 15 is 0 Å². The Morgan fingerprint density at radius 3 is 2.25 bits per heavy atom. The molecule has 1 N–H and O–H groups in total. The highest BCUT2D eigenvalue weighted by molar-refractivity contribution is 6.19. The van der Waals surface area contributed by atoms with Gasteiger partial charge in [0.1, 0.15) is 0 Å². The number of ketones is 1. The van der Waals surface area contributed by atoms with E-state index in [1.807, 2.05) is 50.2 Å². The molecule has 0 unspecified atom stereocenters. The van der Waals surface area contributed by atoms with Gasteiger partial charge in [0.05, 0.1) is 5.66 Å². The maximum absolute atomic E-state index is 13.2. The molecule has 32 heavy (non-hydrogen) atoms. The normalized spacial score (nSPS) is 17.4. The number of Topliss-reactive ketones (excluding diaryl/α,β-unsaturated/α-hetero) is 1. The summed E-state index contributed by atoms with van der Waals surface area (Å²) in [5.41, 5.74) is 2.57. The zero-order chi connectivity index (χ0) is 23.1. The first-order valence-electron chi connectivity index (χ1n) is 11.7. The molecule has 2 aromatic rings. The first-order valence-corrected chi connectivity index (χ1v) is 11.7. The number of amides is 1. The van der Waals surface area contributed by atoms with Gasteiger partial charge in [-0.25, -0.2) is 0 Å². The summed E-state index contributed by atoms with van der Waals surface area (Å²) in [4.78, 5) is 28.0. The number of rotatable bonds is 10. The maximum atomic E-state index is 13.2. The topological polar surface area (TPSA) is 49.4 Å². The minimum absolute atomic E-state index is 0.197. The number of hydrogen-bond acceptors (Lipinski definition) is 3. The zero-order valence-corrected chi connectivity index (χ0v) is 19.5. The fourth-order valence-corrected chi connectivity index (χ4v) is 4.33. The number of carbonyl (C=O) groups excluding carboxylic acids is 2. The Labute approximate surface area is 192 Å². The van der Waals surface area contributed by atoms with Gasteiger partial charge < -0.3 is 0 Å². The molecule has 0 aromatic heterocycles. The summed E-state index contributed by atoms with van der Waals surface area (Å²) in [6.07, 6.45) is 14.1. The van der Waals surface area contributed by atoms with Gasteiger partial charge in [-0.3, -0.25) is 19.8 Å². The average molecular weight is 431 g/mol. The van der Waals surface area contributed by atoms with Crippen molar-refractivity contribution in [2.45, 2.75) is 77.4 Å². The van der Waals surface area contributed by atoms with Crippen LogP contribution in [0.4, 0.5) is 5.69 Å². The number of hydrogen-bond donors (Lipinski definition) is 1. The molecule has 3 rings (SSSR count). The zero-order valence-electron chi connectivity index (χ0n) is 19.5. The number of carbonyl (C=O) groups is 2. The van der Waals surface area contributed by atoms with Gasteiger partial charge in [0.2, 0.25) is 0 Å². The van der Waals surface area contributed by atoms with E-state index in [1.54, 1.807) is 17.0 Å². The lowest BCUT2D eigenvalue weighted by atomic mass is 10.00. The second-order valence-corrected chi connectivity index (χ2v) is 9.08. The van der Waals surface area contributed by atoms with E-state index in [4.69, 9.17) is 6.42 Å². The third-order valence-electron chi connectivity index (χ3n) is 6.14. The molecule has 4 nitrogen and oxygen atoms in total. The van der Waals surface area contributed by atoms with Crippen molar-refractivity contribution in [1.82, 2.24) is 5.32 Å². The minimum atomic E-state index is -0.901. The molecule has 0 aliphatic carbocycles. The third kappa shape index (κ3) is 5.47. The van der Waals surface area contributed by atoms with Crippen molar-refractivity contribution in [3.05, 3.63) is 65.2 Å². The summed E-state index contributed by atoms with van der Waals surface area (Å²) >= 11 is 0. The predicted octanol–water partition coefficient (Wildman–Crippen LogP) is 5.49. The van der Waals surface area contributed by atoms with Gasteiger partial charge >= 0.3 is 0 Å². The van der Waals surface area contributed by atoms with Gasteiger partial charge in [0, 0.05) is 16.8 Å². The molecule has 1 amide bonds. The molecule has 1 fully saturated rings. The average Bonchev–Trinajstić information content (AvgIpc) is 3.04. The van der Waals surface area contributed by atoms with Crippen LogP contribution in [0.1, 0.15) is 80.8 Å². The SMILES string of the molecule is C#Cc1ccc(N2C(=O)[C@H](C(=O)c3ccc(CCCCCCCC)cc3)NC2(C)C)cc1. The van der Waals surface area contributed by atoms with Crippen LogP contribution in [0, 0.1) is 12.3 Å². The molecule has 2 aromatic carbocycles. The highest BCUT2D eigenvalue weighted by Gasteiger charge is 2.48. The second kappa shape index (κ2) is 10.6. The summed E-state index contributed by atoms with van der Waals surface area (Å²) in [6, 6.07) is 14.1. The van der Waals surface area contributed by atoms with Gasteiger partial charge in [0.25, 0.3) is 5.91 Å². The van der Waals surface area contributed by atoms with E-state index in [2.05, 4.69) is 18.2 Å². The summed E-state index contributed by atoms with van der Waals surface area (Å²) in [5.74, 6) is 2.14. The Morgan fingerprint density at radius 1 is 1.00 bits per heavy atom. The van der Waals surface area contributed by atoms with Crippen molar-refractivity contribution in [2.24, 2.45) is 0 Å². The summed E-state index contributed by atoms with van der Waals surface area (Å²) in [6.45, 7) is 6.03. The number of terminal acetylenes is 1. The fourth-order valence-electron chi connectivity index (χ4n) is 4.33. The predicted molar refractivity (Wildman–Crippen MR) is 131 cm³/mol. The molecule has 1 aliphatic rings. The van der Waals surface area contributed by atoms with Crippen molar-refractivity contribution < 1.29 is 9.59 Å². The molecule has 0 saturated carbocycles. The maximum Gasteiger partial charge on any atom is 0.253 e. The molecule has 0 radical (unpaired) electrons. The highest BCUT2D eigenvalue weighted by Crippen LogP contribution is 2.30. The van der Waals surface area contributed by atoms with Crippen LogP contribution in [0.25, 0.3) is 0 Å². The number of nitrogens with zero attached hydrogens (tertiary/aromatic N) is 1. The second-order valence-electron chi connectivity index (χ2n) is 9.08. The quantitative estimate of drug-likeness (QED) is 0.234. The van der Waals surface area contributed by atoms with Crippen LogP contribution in [0.15, 0.2) is 48.5 Å². The van der Waals surface area contributed by atoms with Crippen LogP contribution in [0.2, 0.25) is 0 Å². The van der Waals surface area contributed by atoms with E-state index in [1.165, 1.54) is 44.1 Å². The molecule has 1 saturated heterocycles. The van der Waals surface area contributed by atoms with Gasteiger partial charge in [-0.1, -0.05) is 69.2 Å². The molecule has 1 aliphatic heterocycles. The van der Waals surface area contributed by atoms with E-state index in [0.717, 1.165) is 17.7 Å². The van der Waals surface area contributed by atoms with Crippen LogP contribution < -0.4 is 10.2 Å². The van der Waals surface area contributed by atoms with Crippen molar-refractivity contribution in [3.63, 3.8) is 0 Å². The van der Waals surface area contributed by atoms with Crippen molar-refractivity contribution in [1.29, 1.82) is 0 Å². The molecule has 1 heterocycles. The van der Waals surface area contributed by atoms with E-state index in [0.29, 0.717) is 5.56 Å². The monoisotopic (exact) mass is 430 g/mol. The number of unbranched alkanes of at least 4 members (excludes halogenated alkanes) is 5. The summed E-state index contributed by atoms with van der Waals surface area (Å²) in [5, 5.41) is 3.22. The van der Waals surface area contributed by atoms with Crippen LogP contribution in [0.5, 0.6) is 0 Å². The fraction of sp³-hybridized carbons (Fsp3) is 0.429. The molecule has 168 valence electrons. The molecule has 1 atom stereocenters. The van der Waals surface area contributed by atoms with Gasteiger partial charge in [0.15, 0.2) is 11.8 Å². The van der Waals surface area contributed by atoms with E-state index < -0.39 is 11.7 Å². The first-order chi connectivity index (χ1) is 15.4. The standard InChI is InChI=1S/C28H34N2O2/c1-5-7-8-9-10-11-12-22-13-17-23(18-14-22)26(31)25-27(32)30(28(3,4)29-25)24-19-15-21(6-2)16-20-24/h2,13-20,25,29H,5,7-12H2,1,3-4H3/t25-/m0/s1. The van der Waals surface area contributed by atoms with Gasteiger partial charge in [-0.2, -0.15) is 0 Å². The number of aryl methyl sites for hydroxylation is 1. The van der Waals surface area contributed by atoms with Crippen LogP contribution in [0.3, 0.4) is 0 Å². The lowest BCUT2D eigenvalue weighted by molar-refractivity contribution is -0.117. The molecular weight excluding hydrogens is 396 g/mol. The Kier molecular flexibility index (Phi) is 7.88. The largest absolute Gasteiger partial charge is 0.292 e. The Morgan fingerprint density at radius 2 is 1.62 bits per heavy atom. The first kappa shape index (κ1) is 23.8. The lowest BCUT2D eigenvalue weighted by Gasteiger charge is -2.31. The third-order valence-corrected chi connectivity index (χ3v) is 6.14. The van der Waals surface area contributed by atoms with Crippen LogP contribution >= 0.6 is 0 Å². The Balaban J connectivity index is 1.64. The summed E-state index contributed by atoms with van der Waals surface area (Å²) < 4.78 is 0. The van der Waals surface area contributed by atoms with Crippen LogP contribution in [-0.4, -0.2) is 23.4 Å². The Hall–Kier alpha value is -2.90. The van der Waals surface area contributed by atoms with Crippen LogP contribution in [-0.2, 0) is 11.2 Å². The van der Waals surface area contributed by atoms with E-state index in [9.17, 15) is 9.59 Å². The number of nitrogens with one attached hydrogen (secondary N) is 1. The lowest BCUT2D eigenvalue weighted by Crippen LogP contribution is -2.48. The smallest absolute Gasteiger partial charge is 0.253 e. The highest BCUT2D eigenvalue weighted by atomic mass is 16.2. The van der Waals surface area contributed by atoms with Crippen molar-refractivity contribution >= 4 is 17.4 Å². The molecule has 4 heteroatoms.